The maximum atomic E-state index is 13.5. The Bertz CT molecular complexity index is 1240. The highest BCUT2D eigenvalue weighted by molar-refractivity contribution is 7.16. The minimum Gasteiger partial charge on any atom is -0.340 e. The molecule has 3 heterocycles. The van der Waals surface area contributed by atoms with Gasteiger partial charge in [0, 0.05) is 23.5 Å². The van der Waals surface area contributed by atoms with Gasteiger partial charge in [-0.25, -0.2) is 14.1 Å². The van der Waals surface area contributed by atoms with Crippen molar-refractivity contribution in [2.45, 2.75) is 45.1 Å². The summed E-state index contributed by atoms with van der Waals surface area (Å²) in [5, 5.41) is 5.40. The Labute approximate surface area is 194 Å². The molecule has 7 nitrogen and oxygen atoms in total. The van der Waals surface area contributed by atoms with Gasteiger partial charge in [-0.15, -0.1) is 0 Å². The van der Waals surface area contributed by atoms with E-state index in [4.69, 9.17) is 21.2 Å². The Hall–Kier alpha value is -2.77. The van der Waals surface area contributed by atoms with Crippen LogP contribution in [0.15, 0.2) is 54.7 Å². The summed E-state index contributed by atoms with van der Waals surface area (Å²) in [7, 11) is 2.00. The fraction of sp³-hybridized carbons (Fsp3) is 0.292. The highest BCUT2D eigenvalue weighted by atomic mass is 31.0. The second-order valence-corrected chi connectivity index (χ2v) is 8.34. The van der Waals surface area contributed by atoms with Crippen LogP contribution in [-0.4, -0.2) is 25.8 Å². The van der Waals surface area contributed by atoms with Crippen molar-refractivity contribution < 1.29 is 9.13 Å². The standard InChI is InChI=1S/C24H28FN6OP/c1-2-5-19(27)21-8-4-7-20(30-21)15-10-16(14-32-24(25)33)18-13-28-31(22(18)11-15)23-9-3-6-17(12-26)29-23/h3-4,6-11,13,19,24H,2,5,12,14,26-27,33H2,1H3/t19-,24?/m0/s1. The molecule has 0 saturated carbocycles. The summed E-state index contributed by atoms with van der Waals surface area (Å²) in [6.07, 6.45) is 2.12. The van der Waals surface area contributed by atoms with Gasteiger partial charge in [-0.05, 0) is 48.4 Å². The molecule has 0 aliphatic carbocycles. The molecule has 0 aliphatic heterocycles. The lowest BCUT2D eigenvalue weighted by molar-refractivity contribution is 0.0166. The fourth-order valence-corrected chi connectivity index (χ4v) is 3.89. The van der Waals surface area contributed by atoms with Crippen molar-refractivity contribution in [3.8, 4) is 17.1 Å². The zero-order valence-electron chi connectivity index (χ0n) is 18.5. The minimum atomic E-state index is -1.46. The lowest BCUT2D eigenvalue weighted by Gasteiger charge is -2.13. The average molecular weight is 467 g/mol. The number of benzene rings is 1. The molecule has 0 amide bonds. The van der Waals surface area contributed by atoms with Crippen molar-refractivity contribution in [2.75, 3.05) is 0 Å². The number of hydrogen-bond acceptors (Lipinski definition) is 6. The molecule has 2 unspecified atom stereocenters. The van der Waals surface area contributed by atoms with Crippen molar-refractivity contribution in [2.24, 2.45) is 11.5 Å². The van der Waals surface area contributed by atoms with Crippen molar-refractivity contribution in [1.29, 1.82) is 0 Å². The van der Waals surface area contributed by atoms with Gasteiger partial charge in [0.15, 0.2) is 5.82 Å². The van der Waals surface area contributed by atoms with Gasteiger partial charge >= 0.3 is 0 Å². The van der Waals surface area contributed by atoms with Gasteiger partial charge in [0.25, 0.3) is 0 Å². The molecule has 33 heavy (non-hydrogen) atoms. The van der Waals surface area contributed by atoms with Crippen molar-refractivity contribution >= 4 is 20.1 Å². The van der Waals surface area contributed by atoms with E-state index in [2.05, 4.69) is 17.0 Å². The minimum absolute atomic E-state index is 0.0893. The largest absolute Gasteiger partial charge is 0.340 e. The fourth-order valence-electron chi connectivity index (χ4n) is 3.79. The number of alkyl halides is 1. The van der Waals surface area contributed by atoms with Gasteiger partial charge < -0.3 is 16.2 Å². The molecule has 3 aromatic heterocycles. The van der Waals surface area contributed by atoms with Crippen molar-refractivity contribution in [3.05, 3.63) is 71.7 Å². The third kappa shape index (κ3) is 5.25. The Morgan fingerprint density at radius 1 is 1.15 bits per heavy atom. The summed E-state index contributed by atoms with van der Waals surface area (Å²) in [5.41, 5.74) is 16.9. The molecule has 9 heteroatoms. The summed E-state index contributed by atoms with van der Waals surface area (Å²) in [6, 6.07) is 15.3. The van der Waals surface area contributed by atoms with Crippen LogP contribution in [0.5, 0.6) is 0 Å². The number of halogens is 1. The molecule has 3 atom stereocenters. The van der Waals surface area contributed by atoms with Crippen LogP contribution in [0.1, 0.15) is 42.8 Å². The molecule has 0 fully saturated rings. The van der Waals surface area contributed by atoms with Crippen LogP contribution in [-0.2, 0) is 17.9 Å². The molecule has 4 rings (SSSR count). The van der Waals surface area contributed by atoms with Gasteiger partial charge in [-0.3, -0.25) is 4.98 Å². The van der Waals surface area contributed by atoms with E-state index in [1.807, 2.05) is 57.8 Å². The molecule has 1 aromatic carbocycles. The molecule has 0 aliphatic rings. The van der Waals surface area contributed by atoms with Gasteiger partial charge in [0.1, 0.15) is 0 Å². The van der Waals surface area contributed by atoms with Crippen LogP contribution in [0.2, 0.25) is 0 Å². The smallest absolute Gasteiger partial charge is 0.211 e. The molecule has 4 aromatic rings. The van der Waals surface area contributed by atoms with Gasteiger partial charge in [-0.2, -0.15) is 5.10 Å². The van der Waals surface area contributed by atoms with Crippen LogP contribution in [0.25, 0.3) is 28.0 Å². The number of aromatic nitrogens is 4. The van der Waals surface area contributed by atoms with E-state index in [1.54, 1.807) is 10.9 Å². The van der Waals surface area contributed by atoms with Gasteiger partial charge in [0.05, 0.1) is 35.4 Å². The van der Waals surface area contributed by atoms with E-state index in [9.17, 15) is 4.39 Å². The first-order chi connectivity index (χ1) is 16.0. The Morgan fingerprint density at radius 3 is 2.73 bits per heavy atom. The number of nitrogens with two attached hydrogens (primary N) is 2. The van der Waals surface area contributed by atoms with E-state index in [0.29, 0.717) is 12.4 Å². The molecular weight excluding hydrogens is 438 g/mol. The highest BCUT2D eigenvalue weighted by Crippen LogP contribution is 2.30. The third-order valence-electron chi connectivity index (χ3n) is 5.44. The summed E-state index contributed by atoms with van der Waals surface area (Å²) in [6.45, 7) is 2.52. The normalized spacial score (nSPS) is 13.4. The number of pyridine rings is 2. The first kappa shape index (κ1) is 23.4. The maximum absolute atomic E-state index is 13.5. The molecule has 0 spiro atoms. The van der Waals surface area contributed by atoms with E-state index < -0.39 is 6.10 Å². The van der Waals surface area contributed by atoms with Gasteiger partial charge in [0.2, 0.25) is 6.10 Å². The van der Waals surface area contributed by atoms with E-state index >= 15 is 0 Å². The lowest BCUT2D eigenvalue weighted by Crippen LogP contribution is -2.11. The topological polar surface area (TPSA) is 105 Å². The summed E-state index contributed by atoms with van der Waals surface area (Å²) >= 11 is 0. The first-order valence-electron chi connectivity index (χ1n) is 10.9. The number of ether oxygens (including phenoxy) is 1. The number of hydrogen-bond donors (Lipinski definition) is 2. The van der Waals surface area contributed by atoms with Crippen molar-refractivity contribution in [1.82, 2.24) is 19.7 Å². The molecule has 0 radical (unpaired) electrons. The number of rotatable bonds is 9. The average Bonchev–Trinajstić information content (AvgIpc) is 3.27. The second kappa shape index (κ2) is 10.4. The Kier molecular flexibility index (Phi) is 7.40. The van der Waals surface area contributed by atoms with Crippen LogP contribution < -0.4 is 11.5 Å². The molecule has 4 N–H and O–H groups in total. The van der Waals surface area contributed by atoms with Crippen LogP contribution in [0.3, 0.4) is 0 Å². The quantitative estimate of drug-likeness (QED) is 0.355. The van der Waals surface area contributed by atoms with E-state index in [1.165, 1.54) is 0 Å². The molecular formula is C24H28FN6OP. The zero-order chi connectivity index (χ0) is 23.4. The summed E-state index contributed by atoms with van der Waals surface area (Å²) in [5.74, 6) is 0.651. The van der Waals surface area contributed by atoms with Crippen LogP contribution in [0, 0.1) is 0 Å². The SMILES string of the molecule is CCC[C@H](N)c1cccc(-c2cc(COC(F)P)c3cnn(-c4cccc(CN)n4)c3c2)n1. The Balaban J connectivity index is 1.85. The zero-order valence-corrected chi connectivity index (χ0v) is 19.6. The maximum Gasteiger partial charge on any atom is 0.211 e. The molecule has 0 bridgehead atoms. The highest BCUT2D eigenvalue weighted by Gasteiger charge is 2.15. The van der Waals surface area contributed by atoms with Crippen LogP contribution in [0.4, 0.5) is 4.39 Å². The number of fused-ring (bicyclic) bond motifs is 1. The van der Waals surface area contributed by atoms with E-state index in [-0.39, 0.29) is 12.6 Å². The summed E-state index contributed by atoms with van der Waals surface area (Å²) < 4.78 is 20.5. The van der Waals surface area contributed by atoms with E-state index in [0.717, 1.165) is 52.0 Å². The molecule has 172 valence electrons. The summed E-state index contributed by atoms with van der Waals surface area (Å²) in [4.78, 5) is 9.41. The third-order valence-corrected chi connectivity index (χ3v) is 5.63. The first-order valence-corrected chi connectivity index (χ1v) is 11.6. The lowest BCUT2D eigenvalue weighted by atomic mass is 10.0. The predicted octanol–water partition coefficient (Wildman–Crippen LogP) is 4.39. The van der Waals surface area contributed by atoms with Gasteiger partial charge in [-0.1, -0.05) is 34.7 Å². The Morgan fingerprint density at radius 2 is 1.97 bits per heavy atom. The monoisotopic (exact) mass is 466 g/mol. The van der Waals surface area contributed by atoms with Crippen LogP contribution >= 0.6 is 9.24 Å². The second-order valence-electron chi connectivity index (χ2n) is 7.82. The number of nitrogens with zero attached hydrogens (tertiary/aromatic N) is 4. The molecule has 0 saturated heterocycles. The predicted molar refractivity (Wildman–Crippen MR) is 131 cm³/mol. The van der Waals surface area contributed by atoms with Crippen molar-refractivity contribution in [3.63, 3.8) is 0 Å².